The molecule has 2 rings (SSSR count). The summed E-state index contributed by atoms with van der Waals surface area (Å²) < 4.78 is 13.1. The molecule has 7 heteroatoms. The van der Waals surface area contributed by atoms with Gasteiger partial charge in [-0.25, -0.2) is 9.38 Å². The number of anilines is 1. The van der Waals surface area contributed by atoms with E-state index in [1.165, 1.54) is 17.7 Å². The minimum Gasteiger partial charge on any atom is -0.357 e. The number of hydrogen-bond acceptors (Lipinski definition) is 2. The van der Waals surface area contributed by atoms with Crippen LogP contribution in [-0.2, 0) is 4.79 Å². The Balaban J connectivity index is 0.00000364. The molecule has 5 nitrogen and oxygen atoms in total. The lowest BCUT2D eigenvalue weighted by Crippen LogP contribution is -2.39. The zero-order valence-electron chi connectivity index (χ0n) is 15.5. The average molecular weight is 484 g/mol. The molecule has 0 saturated carbocycles. The lowest BCUT2D eigenvalue weighted by molar-refractivity contribution is -0.114. The molecule has 0 aliphatic heterocycles. The van der Waals surface area contributed by atoms with E-state index >= 15 is 0 Å². The van der Waals surface area contributed by atoms with E-state index in [4.69, 9.17) is 0 Å². The third kappa shape index (κ3) is 8.38. The van der Waals surface area contributed by atoms with E-state index in [0.717, 1.165) is 0 Å². The van der Waals surface area contributed by atoms with Crippen LogP contribution in [0.25, 0.3) is 0 Å². The number of rotatable bonds is 7. The van der Waals surface area contributed by atoms with Crippen LogP contribution >= 0.6 is 24.0 Å². The first kappa shape index (κ1) is 22.9. The average Bonchev–Trinajstić information content (AvgIpc) is 2.64. The fourth-order valence-corrected chi connectivity index (χ4v) is 2.41. The number of carbonyl (C=O) groups is 1. The number of amides is 1. The van der Waals surface area contributed by atoms with Crippen LogP contribution in [0.3, 0.4) is 0 Å². The van der Waals surface area contributed by atoms with E-state index in [-0.39, 0.29) is 36.4 Å². The van der Waals surface area contributed by atoms with Gasteiger partial charge in [-0.15, -0.1) is 24.0 Å². The lowest BCUT2D eigenvalue weighted by Gasteiger charge is -2.16. The predicted molar refractivity (Wildman–Crippen MR) is 119 cm³/mol. The highest BCUT2D eigenvalue weighted by molar-refractivity contribution is 14.0. The minimum atomic E-state index is -0.392. The van der Waals surface area contributed by atoms with Crippen LogP contribution in [0.15, 0.2) is 59.6 Å². The third-order valence-corrected chi connectivity index (χ3v) is 3.78. The van der Waals surface area contributed by atoms with Crippen LogP contribution in [0.4, 0.5) is 10.1 Å². The summed E-state index contributed by atoms with van der Waals surface area (Å²) in [4.78, 5) is 16.3. The van der Waals surface area contributed by atoms with E-state index in [1.54, 1.807) is 12.1 Å². The standard InChI is InChI=1S/C20H25FN4O.HI/c1-3-22-20(23-13-15(2)16-8-5-4-6-9-16)24-14-19(26)25-18-11-7-10-17(21)12-18;/h4-12,15H,3,13-14H2,1-2H3,(H,25,26)(H2,22,23,24);1H. The molecular formula is C20H26FIN4O. The van der Waals surface area contributed by atoms with Gasteiger partial charge in [-0.3, -0.25) is 4.79 Å². The van der Waals surface area contributed by atoms with Crippen molar-refractivity contribution in [2.45, 2.75) is 19.8 Å². The number of nitrogens with one attached hydrogen (secondary N) is 3. The largest absolute Gasteiger partial charge is 0.357 e. The molecule has 0 saturated heterocycles. The van der Waals surface area contributed by atoms with Crippen LogP contribution in [0.2, 0.25) is 0 Å². The molecule has 1 unspecified atom stereocenters. The molecule has 0 fully saturated rings. The Morgan fingerprint density at radius 1 is 1.11 bits per heavy atom. The summed E-state index contributed by atoms with van der Waals surface area (Å²) in [5.41, 5.74) is 1.65. The topological polar surface area (TPSA) is 65.5 Å². The van der Waals surface area contributed by atoms with Gasteiger partial charge >= 0.3 is 0 Å². The van der Waals surface area contributed by atoms with Gasteiger partial charge in [0.25, 0.3) is 0 Å². The molecule has 0 heterocycles. The maximum Gasteiger partial charge on any atom is 0.246 e. The van der Waals surface area contributed by atoms with Crippen molar-refractivity contribution in [1.29, 1.82) is 0 Å². The molecule has 0 radical (unpaired) electrons. The highest BCUT2D eigenvalue weighted by Gasteiger charge is 2.07. The number of halogens is 2. The maximum atomic E-state index is 13.1. The van der Waals surface area contributed by atoms with E-state index in [0.29, 0.717) is 30.7 Å². The van der Waals surface area contributed by atoms with Gasteiger partial charge in [0.1, 0.15) is 12.4 Å². The summed E-state index contributed by atoms with van der Waals surface area (Å²) in [6, 6.07) is 16.0. The van der Waals surface area contributed by atoms with Gasteiger partial charge in [-0.05, 0) is 36.6 Å². The molecule has 2 aromatic carbocycles. The second kappa shape index (κ2) is 12.3. The number of nitrogens with zero attached hydrogens (tertiary/aromatic N) is 1. The summed E-state index contributed by atoms with van der Waals surface area (Å²) >= 11 is 0. The maximum absolute atomic E-state index is 13.1. The summed E-state index contributed by atoms with van der Waals surface area (Å²) in [7, 11) is 0. The normalized spacial score (nSPS) is 11.9. The van der Waals surface area contributed by atoms with E-state index < -0.39 is 5.82 Å². The number of hydrogen-bond donors (Lipinski definition) is 3. The third-order valence-electron chi connectivity index (χ3n) is 3.78. The second-order valence-corrected chi connectivity index (χ2v) is 5.95. The summed E-state index contributed by atoms with van der Waals surface area (Å²) in [5.74, 6) is 0.186. The molecule has 27 heavy (non-hydrogen) atoms. The minimum absolute atomic E-state index is 0. The molecule has 146 valence electrons. The molecule has 1 amide bonds. The van der Waals surface area contributed by atoms with Crippen LogP contribution < -0.4 is 16.0 Å². The monoisotopic (exact) mass is 484 g/mol. The Morgan fingerprint density at radius 3 is 2.52 bits per heavy atom. The van der Waals surface area contributed by atoms with Crippen molar-refractivity contribution >= 4 is 41.5 Å². The van der Waals surface area contributed by atoms with Crippen LogP contribution in [0.5, 0.6) is 0 Å². The molecular weight excluding hydrogens is 458 g/mol. The van der Waals surface area contributed by atoms with Crippen molar-refractivity contribution in [3.05, 3.63) is 66.0 Å². The Bertz CT molecular complexity index is 740. The summed E-state index contributed by atoms with van der Waals surface area (Å²) in [6.07, 6.45) is 0. The first-order valence-electron chi connectivity index (χ1n) is 8.71. The highest BCUT2D eigenvalue weighted by atomic mass is 127. The Kier molecular flexibility index (Phi) is 10.4. The van der Waals surface area contributed by atoms with Crippen molar-refractivity contribution in [2.75, 3.05) is 25.0 Å². The molecule has 0 bridgehead atoms. The Hall–Kier alpha value is -2.16. The molecule has 0 aliphatic rings. The van der Waals surface area contributed by atoms with Crippen molar-refractivity contribution in [3.8, 4) is 0 Å². The molecule has 0 aliphatic carbocycles. The van der Waals surface area contributed by atoms with Gasteiger partial charge in [0.2, 0.25) is 5.91 Å². The lowest BCUT2D eigenvalue weighted by atomic mass is 10.0. The van der Waals surface area contributed by atoms with E-state index in [1.807, 2.05) is 25.1 Å². The Labute approximate surface area is 176 Å². The van der Waals surface area contributed by atoms with Crippen LogP contribution in [-0.4, -0.2) is 31.5 Å². The number of carbonyl (C=O) groups excluding carboxylic acids is 1. The van der Waals surface area contributed by atoms with E-state index in [9.17, 15) is 9.18 Å². The quantitative estimate of drug-likeness (QED) is 0.319. The van der Waals surface area contributed by atoms with Crippen molar-refractivity contribution in [1.82, 2.24) is 10.6 Å². The molecule has 0 aromatic heterocycles. The van der Waals surface area contributed by atoms with Gasteiger partial charge < -0.3 is 16.0 Å². The van der Waals surface area contributed by atoms with Gasteiger partial charge in [-0.1, -0.05) is 43.3 Å². The molecule has 3 N–H and O–H groups in total. The number of benzene rings is 2. The second-order valence-electron chi connectivity index (χ2n) is 5.95. The summed E-state index contributed by atoms with van der Waals surface area (Å²) in [6.45, 7) is 5.43. The molecule has 2 aromatic rings. The van der Waals surface area contributed by atoms with E-state index in [2.05, 4.69) is 40.0 Å². The van der Waals surface area contributed by atoms with Crippen LogP contribution in [0, 0.1) is 5.82 Å². The first-order chi connectivity index (χ1) is 12.6. The van der Waals surface area contributed by atoms with Crippen molar-refractivity contribution in [2.24, 2.45) is 4.99 Å². The molecule has 1 atom stereocenters. The van der Waals surface area contributed by atoms with Gasteiger partial charge in [0.05, 0.1) is 0 Å². The zero-order chi connectivity index (χ0) is 18.8. The van der Waals surface area contributed by atoms with Gasteiger partial charge in [-0.2, -0.15) is 0 Å². The summed E-state index contributed by atoms with van der Waals surface area (Å²) in [5, 5.41) is 8.99. The van der Waals surface area contributed by atoms with Crippen LogP contribution in [0.1, 0.15) is 25.3 Å². The van der Waals surface area contributed by atoms with Crippen molar-refractivity contribution in [3.63, 3.8) is 0 Å². The number of guanidine groups is 1. The zero-order valence-corrected chi connectivity index (χ0v) is 17.9. The number of aliphatic imine (C=N–C) groups is 1. The fourth-order valence-electron chi connectivity index (χ4n) is 2.41. The molecule has 0 spiro atoms. The first-order valence-corrected chi connectivity index (χ1v) is 8.71. The fraction of sp³-hybridized carbons (Fsp3) is 0.300. The van der Waals surface area contributed by atoms with Gasteiger partial charge in [0.15, 0.2) is 5.96 Å². The SMILES string of the molecule is CCNC(=NCC(=O)Nc1cccc(F)c1)NCC(C)c1ccccc1.I. The highest BCUT2D eigenvalue weighted by Crippen LogP contribution is 2.13. The van der Waals surface area contributed by atoms with Crippen molar-refractivity contribution < 1.29 is 9.18 Å². The predicted octanol–water partition coefficient (Wildman–Crippen LogP) is 3.74. The smallest absolute Gasteiger partial charge is 0.246 e. The van der Waals surface area contributed by atoms with Gasteiger partial charge in [0, 0.05) is 18.8 Å². The Morgan fingerprint density at radius 2 is 1.85 bits per heavy atom.